The number of rotatable bonds is 5. The summed E-state index contributed by atoms with van der Waals surface area (Å²) in [6.07, 6.45) is 1.99. The smallest absolute Gasteiger partial charge is 0.289 e. The molecule has 1 aliphatic rings. The van der Waals surface area contributed by atoms with E-state index in [1.54, 1.807) is 18.2 Å². The number of carbonyl (C=O) groups is 1. The molecule has 7 heteroatoms. The number of likely N-dealkylation sites (tertiary alicyclic amines) is 1. The van der Waals surface area contributed by atoms with Gasteiger partial charge in [0.25, 0.3) is 5.91 Å². The molecule has 0 N–H and O–H groups in total. The highest BCUT2D eigenvalue weighted by Gasteiger charge is 2.28. The van der Waals surface area contributed by atoms with E-state index in [0.29, 0.717) is 41.3 Å². The summed E-state index contributed by atoms with van der Waals surface area (Å²) < 4.78 is 32.8. The monoisotopic (exact) mass is 392 g/mol. The van der Waals surface area contributed by atoms with Gasteiger partial charge in [-0.1, -0.05) is 20.8 Å². The minimum Gasteiger partial charge on any atom is -0.451 e. The van der Waals surface area contributed by atoms with E-state index in [2.05, 4.69) is 6.92 Å². The largest absolute Gasteiger partial charge is 0.451 e. The standard InChI is InChI=1S/C20H28N2O4S/c1-5-22(6-2)27(24,25)16-7-8-18-17(13-16)15(4)19(26-18)20(23)21-11-9-14(3)10-12-21/h7-8,13-14H,5-6,9-12H2,1-4H3. The minimum atomic E-state index is -3.55. The van der Waals surface area contributed by atoms with Crippen LogP contribution in [0.3, 0.4) is 0 Å². The van der Waals surface area contributed by atoms with Gasteiger partial charge in [-0.25, -0.2) is 8.42 Å². The summed E-state index contributed by atoms with van der Waals surface area (Å²) in [6.45, 7) is 9.95. The lowest BCUT2D eigenvalue weighted by Gasteiger charge is -2.29. The van der Waals surface area contributed by atoms with Crippen molar-refractivity contribution >= 4 is 26.9 Å². The van der Waals surface area contributed by atoms with Gasteiger partial charge in [0, 0.05) is 37.1 Å². The van der Waals surface area contributed by atoms with Gasteiger partial charge in [0.1, 0.15) is 5.58 Å². The molecule has 1 fully saturated rings. The first-order valence-corrected chi connectivity index (χ1v) is 11.1. The number of furan rings is 1. The zero-order valence-electron chi connectivity index (χ0n) is 16.5. The van der Waals surface area contributed by atoms with Crippen molar-refractivity contribution in [1.82, 2.24) is 9.21 Å². The second-order valence-corrected chi connectivity index (χ2v) is 9.22. The number of fused-ring (bicyclic) bond motifs is 1. The third-order valence-corrected chi connectivity index (χ3v) is 7.56. The number of sulfonamides is 1. The van der Waals surface area contributed by atoms with Crippen molar-refractivity contribution in [2.45, 2.75) is 45.4 Å². The molecule has 6 nitrogen and oxygen atoms in total. The minimum absolute atomic E-state index is 0.108. The van der Waals surface area contributed by atoms with Crippen LogP contribution in [0.5, 0.6) is 0 Å². The Balaban J connectivity index is 1.97. The third kappa shape index (κ3) is 3.62. The van der Waals surface area contributed by atoms with Crippen LogP contribution in [0.15, 0.2) is 27.5 Å². The molecule has 1 amide bonds. The Bertz CT molecular complexity index is 936. The van der Waals surface area contributed by atoms with E-state index >= 15 is 0 Å². The van der Waals surface area contributed by atoms with Crippen molar-refractivity contribution in [3.8, 4) is 0 Å². The van der Waals surface area contributed by atoms with E-state index in [9.17, 15) is 13.2 Å². The highest BCUT2D eigenvalue weighted by Crippen LogP contribution is 2.30. The van der Waals surface area contributed by atoms with E-state index in [-0.39, 0.29) is 10.8 Å². The van der Waals surface area contributed by atoms with Gasteiger partial charge >= 0.3 is 0 Å². The van der Waals surface area contributed by atoms with Crippen LogP contribution in [-0.4, -0.2) is 49.7 Å². The average Bonchev–Trinajstić information content (AvgIpc) is 2.99. The molecule has 148 valence electrons. The molecule has 0 atom stereocenters. The maximum Gasteiger partial charge on any atom is 0.289 e. The molecule has 0 saturated carbocycles. The van der Waals surface area contributed by atoms with Crippen molar-refractivity contribution in [2.24, 2.45) is 5.92 Å². The molecule has 1 aliphatic heterocycles. The van der Waals surface area contributed by atoms with Crippen molar-refractivity contribution in [3.05, 3.63) is 29.5 Å². The third-order valence-electron chi connectivity index (χ3n) is 5.52. The van der Waals surface area contributed by atoms with Crippen LogP contribution in [0.4, 0.5) is 0 Å². The number of nitrogens with zero attached hydrogens (tertiary/aromatic N) is 2. The molecule has 0 radical (unpaired) electrons. The second kappa shape index (κ2) is 7.64. The molecule has 1 saturated heterocycles. The van der Waals surface area contributed by atoms with E-state index in [0.717, 1.165) is 25.9 Å². The van der Waals surface area contributed by atoms with Crippen molar-refractivity contribution in [2.75, 3.05) is 26.2 Å². The lowest BCUT2D eigenvalue weighted by Crippen LogP contribution is -2.38. The Morgan fingerprint density at radius 3 is 2.44 bits per heavy atom. The molecule has 2 aromatic rings. The van der Waals surface area contributed by atoms with Crippen LogP contribution >= 0.6 is 0 Å². The number of carbonyl (C=O) groups excluding carboxylic acids is 1. The zero-order chi connectivity index (χ0) is 19.8. The Hall–Kier alpha value is -1.86. The first-order chi connectivity index (χ1) is 12.8. The molecule has 0 unspecified atom stereocenters. The molecule has 27 heavy (non-hydrogen) atoms. The first kappa shape index (κ1) is 19.9. The number of benzene rings is 1. The first-order valence-electron chi connectivity index (χ1n) is 9.62. The van der Waals surface area contributed by atoms with Crippen molar-refractivity contribution in [1.29, 1.82) is 0 Å². The van der Waals surface area contributed by atoms with Crippen LogP contribution in [0, 0.1) is 12.8 Å². The van der Waals surface area contributed by atoms with Crippen LogP contribution in [0.2, 0.25) is 0 Å². The number of hydrogen-bond acceptors (Lipinski definition) is 4. The predicted molar refractivity (Wildman–Crippen MR) is 105 cm³/mol. The van der Waals surface area contributed by atoms with Crippen molar-refractivity contribution < 1.29 is 17.6 Å². The Labute approximate surface area is 161 Å². The normalized spacial score (nSPS) is 16.4. The van der Waals surface area contributed by atoms with E-state index in [4.69, 9.17) is 4.42 Å². The Morgan fingerprint density at radius 1 is 1.22 bits per heavy atom. The molecule has 1 aromatic heterocycles. The van der Waals surface area contributed by atoms with E-state index in [1.165, 1.54) is 4.31 Å². The summed E-state index contributed by atoms with van der Waals surface area (Å²) in [7, 11) is -3.55. The number of aryl methyl sites for hydroxylation is 1. The van der Waals surface area contributed by atoms with Crippen LogP contribution in [0.1, 0.15) is 49.7 Å². The van der Waals surface area contributed by atoms with E-state index < -0.39 is 10.0 Å². The summed E-state index contributed by atoms with van der Waals surface area (Å²) in [6, 6.07) is 4.82. The summed E-state index contributed by atoms with van der Waals surface area (Å²) in [5.41, 5.74) is 1.24. The zero-order valence-corrected chi connectivity index (χ0v) is 17.3. The fourth-order valence-electron chi connectivity index (χ4n) is 3.63. The maximum atomic E-state index is 12.9. The lowest BCUT2D eigenvalue weighted by molar-refractivity contribution is 0.0666. The molecule has 0 aliphatic carbocycles. The molecule has 2 heterocycles. The van der Waals surface area contributed by atoms with Crippen LogP contribution < -0.4 is 0 Å². The fourth-order valence-corrected chi connectivity index (χ4v) is 5.12. The van der Waals surface area contributed by atoms with E-state index in [1.807, 2.05) is 25.7 Å². The summed E-state index contributed by atoms with van der Waals surface area (Å²) in [5.74, 6) is 0.847. The quantitative estimate of drug-likeness (QED) is 0.779. The summed E-state index contributed by atoms with van der Waals surface area (Å²) in [4.78, 5) is 14.9. The highest BCUT2D eigenvalue weighted by atomic mass is 32.2. The van der Waals surface area contributed by atoms with Gasteiger partial charge in [0.05, 0.1) is 4.90 Å². The van der Waals surface area contributed by atoms with Gasteiger partial charge in [0.15, 0.2) is 5.76 Å². The topological polar surface area (TPSA) is 70.8 Å². The number of amides is 1. The lowest BCUT2D eigenvalue weighted by atomic mass is 9.99. The summed E-state index contributed by atoms with van der Waals surface area (Å²) in [5, 5.41) is 0.678. The number of hydrogen-bond donors (Lipinski definition) is 0. The predicted octanol–water partition coefficient (Wildman–Crippen LogP) is 3.64. The Morgan fingerprint density at radius 2 is 1.85 bits per heavy atom. The molecular weight excluding hydrogens is 364 g/mol. The molecule has 0 spiro atoms. The molecule has 3 rings (SSSR count). The van der Waals surface area contributed by atoms with Crippen molar-refractivity contribution in [3.63, 3.8) is 0 Å². The van der Waals surface area contributed by atoms with Gasteiger partial charge in [-0.05, 0) is 43.9 Å². The average molecular weight is 393 g/mol. The van der Waals surface area contributed by atoms with Gasteiger partial charge in [-0.15, -0.1) is 0 Å². The maximum absolute atomic E-state index is 12.9. The fraction of sp³-hybridized carbons (Fsp3) is 0.550. The molecular formula is C20H28N2O4S. The molecule has 0 bridgehead atoms. The van der Waals surface area contributed by atoms with Gasteiger partial charge < -0.3 is 9.32 Å². The van der Waals surface area contributed by atoms with Gasteiger partial charge in [-0.2, -0.15) is 4.31 Å². The van der Waals surface area contributed by atoms with Gasteiger partial charge in [0.2, 0.25) is 10.0 Å². The highest BCUT2D eigenvalue weighted by molar-refractivity contribution is 7.89. The summed E-state index contributed by atoms with van der Waals surface area (Å²) >= 11 is 0. The van der Waals surface area contributed by atoms with Gasteiger partial charge in [-0.3, -0.25) is 4.79 Å². The molecule has 1 aromatic carbocycles. The van der Waals surface area contributed by atoms with Crippen LogP contribution in [0.25, 0.3) is 11.0 Å². The number of piperidine rings is 1. The second-order valence-electron chi connectivity index (χ2n) is 7.28. The van der Waals surface area contributed by atoms with Crippen LogP contribution in [-0.2, 0) is 10.0 Å². The SMILES string of the molecule is CCN(CC)S(=O)(=O)c1ccc2oc(C(=O)N3CCC(C)CC3)c(C)c2c1. The Kier molecular flexibility index (Phi) is 5.63.